The van der Waals surface area contributed by atoms with Crippen LogP contribution in [0.2, 0.25) is 0 Å². The Morgan fingerprint density at radius 2 is 1.38 bits per heavy atom. The van der Waals surface area contributed by atoms with Crippen molar-refractivity contribution >= 4 is 13.6 Å². The van der Waals surface area contributed by atoms with Crippen LogP contribution in [0.15, 0.2) is 0 Å². The summed E-state index contributed by atoms with van der Waals surface area (Å²) in [6.07, 6.45) is 5.88. The van der Waals surface area contributed by atoms with Crippen LogP contribution in [0, 0.1) is 5.41 Å². The van der Waals surface area contributed by atoms with Crippen LogP contribution in [0.1, 0.15) is 108 Å². The molecule has 0 aromatic carbocycles. The predicted molar refractivity (Wildman–Crippen MR) is 131 cm³/mol. The summed E-state index contributed by atoms with van der Waals surface area (Å²) in [4.78, 5) is 18.7. The molecule has 0 spiro atoms. The molecule has 0 aliphatic heterocycles. The average molecular weight is 480 g/mol. The first-order valence-corrected chi connectivity index (χ1v) is 13.9. The summed E-state index contributed by atoms with van der Waals surface area (Å²) in [6, 6.07) is 0. The van der Waals surface area contributed by atoms with Gasteiger partial charge in [-0.05, 0) is 53.4 Å². The fourth-order valence-corrected chi connectivity index (χ4v) is 6.14. The van der Waals surface area contributed by atoms with Gasteiger partial charge in [0.2, 0.25) is 0 Å². The third kappa shape index (κ3) is 11.1. The molecule has 192 valence electrons. The van der Waals surface area contributed by atoms with E-state index in [1.807, 2.05) is 41.5 Å². The second-order valence-electron chi connectivity index (χ2n) is 10.3. The van der Waals surface area contributed by atoms with Crippen molar-refractivity contribution < 1.29 is 28.0 Å². The number of rotatable bonds is 16. The van der Waals surface area contributed by atoms with E-state index in [1.54, 1.807) is 25.8 Å². The Bertz CT molecular complexity index is 560. The highest BCUT2D eigenvalue weighted by atomic mass is 31.2. The highest BCUT2D eigenvalue weighted by molar-refractivity contribution is 7.54. The lowest BCUT2D eigenvalue weighted by Crippen LogP contribution is -2.55. The van der Waals surface area contributed by atoms with E-state index in [1.165, 1.54) is 19.3 Å². The molecule has 0 aliphatic carbocycles. The topological polar surface area (TPSA) is 74.3 Å². The van der Waals surface area contributed by atoms with Gasteiger partial charge in [-0.25, -0.2) is 4.79 Å². The third-order valence-electron chi connectivity index (χ3n) is 4.92. The summed E-state index contributed by atoms with van der Waals surface area (Å²) in [6.45, 7) is 20.0. The van der Waals surface area contributed by atoms with Crippen molar-refractivity contribution in [3.8, 4) is 0 Å². The summed E-state index contributed by atoms with van der Waals surface area (Å²) >= 11 is 0. The number of hydroxylamine groups is 2. The number of unbranched alkanes of at least 4 members (excludes halogenated alkanes) is 5. The number of carbonyl (C=O) groups excluding carboxylic acids is 1. The Morgan fingerprint density at radius 3 is 1.81 bits per heavy atom. The first-order valence-electron chi connectivity index (χ1n) is 12.3. The molecular weight excluding hydrogens is 429 g/mol. The SMILES string of the molecule is CCCCCCCCOC(=O)C(C)ON(C(C(C)(C)C)P(=O)(OCC)OCC)C(C)(C)C. The second-order valence-corrected chi connectivity index (χ2v) is 12.4. The molecule has 0 aromatic heterocycles. The van der Waals surface area contributed by atoms with E-state index in [0.717, 1.165) is 19.3 Å². The molecule has 2 atom stereocenters. The number of carbonyl (C=O) groups is 1. The van der Waals surface area contributed by atoms with E-state index in [-0.39, 0.29) is 13.2 Å². The molecule has 0 radical (unpaired) electrons. The van der Waals surface area contributed by atoms with Gasteiger partial charge in [0.15, 0.2) is 6.10 Å². The summed E-state index contributed by atoms with van der Waals surface area (Å²) in [7, 11) is -3.58. The molecule has 2 unspecified atom stereocenters. The third-order valence-corrected chi connectivity index (χ3v) is 7.74. The van der Waals surface area contributed by atoms with E-state index in [0.29, 0.717) is 6.61 Å². The molecule has 8 heteroatoms. The molecule has 0 rings (SSSR count). The highest BCUT2D eigenvalue weighted by Crippen LogP contribution is 2.60. The van der Waals surface area contributed by atoms with Crippen molar-refractivity contribution in [1.29, 1.82) is 0 Å². The van der Waals surface area contributed by atoms with Gasteiger partial charge >= 0.3 is 13.6 Å². The van der Waals surface area contributed by atoms with E-state index in [9.17, 15) is 9.36 Å². The first-order chi connectivity index (χ1) is 14.7. The van der Waals surface area contributed by atoms with Crippen LogP contribution in [0.5, 0.6) is 0 Å². The fraction of sp³-hybridized carbons (Fsp3) is 0.958. The molecule has 32 heavy (non-hydrogen) atoms. The fourth-order valence-electron chi connectivity index (χ4n) is 3.46. The molecule has 0 bridgehead atoms. The van der Waals surface area contributed by atoms with Crippen LogP contribution < -0.4 is 0 Å². The lowest BCUT2D eigenvalue weighted by molar-refractivity contribution is -0.263. The smallest absolute Gasteiger partial charge is 0.350 e. The van der Waals surface area contributed by atoms with Crippen LogP contribution in [-0.2, 0) is 28.0 Å². The van der Waals surface area contributed by atoms with Crippen LogP contribution >= 0.6 is 7.60 Å². The second kappa shape index (κ2) is 14.7. The quantitative estimate of drug-likeness (QED) is 0.103. The van der Waals surface area contributed by atoms with Crippen molar-refractivity contribution in [2.45, 2.75) is 125 Å². The van der Waals surface area contributed by atoms with Gasteiger partial charge in [-0.15, -0.1) is 0 Å². The first kappa shape index (κ1) is 31.5. The summed E-state index contributed by atoms with van der Waals surface area (Å²) in [5.74, 6) is -1.15. The number of hydrogen-bond donors (Lipinski definition) is 0. The Morgan fingerprint density at radius 1 is 0.875 bits per heavy atom. The predicted octanol–water partition coefficient (Wildman–Crippen LogP) is 6.95. The monoisotopic (exact) mass is 479 g/mol. The Kier molecular flexibility index (Phi) is 14.5. The summed E-state index contributed by atoms with van der Waals surface area (Å²) < 4.78 is 30.7. The Balaban J connectivity index is 5.41. The van der Waals surface area contributed by atoms with Crippen molar-refractivity contribution in [3.05, 3.63) is 0 Å². The molecule has 0 heterocycles. The molecule has 0 fully saturated rings. The average Bonchev–Trinajstić information content (AvgIpc) is 2.65. The van der Waals surface area contributed by atoms with Gasteiger partial charge < -0.3 is 13.8 Å². The normalized spacial score (nSPS) is 15.1. The largest absolute Gasteiger partial charge is 0.464 e. The number of hydrogen-bond acceptors (Lipinski definition) is 7. The zero-order valence-electron chi connectivity index (χ0n) is 22.4. The number of ether oxygens (including phenoxy) is 1. The maximum absolute atomic E-state index is 13.8. The minimum atomic E-state index is -3.58. The molecule has 0 saturated heterocycles. The van der Waals surface area contributed by atoms with Gasteiger partial charge in [0.05, 0.1) is 19.8 Å². The number of nitrogens with zero attached hydrogens (tertiary/aromatic N) is 1. The lowest BCUT2D eigenvalue weighted by Gasteiger charge is -2.47. The zero-order valence-corrected chi connectivity index (χ0v) is 23.3. The summed E-state index contributed by atoms with van der Waals surface area (Å²) in [5.41, 5.74) is -1.09. The van der Waals surface area contributed by atoms with Crippen LogP contribution in [0.25, 0.3) is 0 Å². The van der Waals surface area contributed by atoms with Crippen molar-refractivity contribution in [2.75, 3.05) is 19.8 Å². The van der Waals surface area contributed by atoms with E-state index < -0.39 is 36.4 Å². The van der Waals surface area contributed by atoms with E-state index in [4.69, 9.17) is 18.6 Å². The van der Waals surface area contributed by atoms with Gasteiger partial charge in [0.1, 0.15) is 5.78 Å². The maximum atomic E-state index is 13.8. The minimum absolute atomic E-state index is 0.248. The Hall–Kier alpha value is -0.460. The minimum Gasteiger partial charge on any atom is -0.464 e. The van der Waals surface area contributed by atoms with Crippen molar-refractivity contribution in [3.63, 3.8) is 0 Å². The zero-order chi connectivity index (χ0) is 25.0. The van der Waals surface area contributed by atoms with Crippen LogP contribution in [0.4, 0.5) is 0 Å². The van der Waals surface area contributed by atoms with Crippen LogP contribution in [0.3, 0.4) is 0 Å². The molecule has 0 aliphatic rings. The van der Waals surface area contributed by atoms with E-state index in [2.05, 4.69) is 6.92 Å². The molecule has 0 saturated carbocycles. The van der Waals surface area contributed by atoms with Crippen LogP contribution in [-0.4, -0.2) is 48.3 Å². The lowest BCUT2D eigenvalue weighted by atomic mass is 9.94. The van der Waals surface area contributed by atoms with Crippen molar-refractivity contribution in [2.24, 2.45) is 5.41 Å². The van der Waals surface area contributed by atoms with Crippen molar-refractivity contribution in [1.82, 2.24) is 5.06 Å². The molecule has 0 aromatic rings. The maximum Gasteiger partial charge on any atom is 0.350 e. The number of esters is 1. The van der Waals surface area contributed by atoms with Gasteiger partial charge in [-0.2, -0.15) is 5.06 Å². The molecule has 7 nitrogen and oxygen atoms in total. The molecule has 0 N–H and O–H groups in total. The highest BCUT2D eigenvalue weighted by Gasteiger charge is 2.52. The molecular formula is C24H50NO6P. The molecule has 0 amide bonds. The Labute approximate surface area is 197 Å². The standard InChI is InChI=1S/C24H50NO6P/c1-11-14-15-16-17-18-19-28-21(26)20(4)31-25(24(8,9)10)22(23(5,6)7)32(27,29-12-2)30-13-3/h20,22H,11-19H2,1-10H3. The van der Waals surface area contributed by atoms with Gasteiger partial charge in [-0.1, -0.05) is 59.8 Å². The van der Waals surface area contributed by atoms with Gasteiger partial charge in [0, 0.05) is 5.54 Å². The van der Waals surface area contributed by atoms with Gasteiger partial charge in [-0.3, -0.25) is 9.40 Å². The van der Waals surface area contributed by atoms with Gasteiger partial charge in [0.25, 0.3) is 0 Å². The summed E-state index contributed by atoms with van der Waals surface area (Å²) in [5, 5.41) is 1.62. The van der Waals surface area contributed by atoms with E-state index >= 15 is 0 Å².